The van der Waals surface area contributed by atoms with Crippen LogP contribution in [0.1, 0.15) is 11.1 Å². The lowest BCUT2D eigenvalue weighted by Crippen LogP contribution is -2.15. The van der Waals surface area contributed by atoms with E-state index in [-0.39, 0.29) is 0 Å². The molecule has 17 heavy (non-hydrogen) atoms. The van der Waals surface area contributed by atoms with Crippen LogP contribution in [0.5, 0.6) is 0 Å². The highest BCUT2D eigenvalue weighted by Gasteiger charge is 2.30. The van der Waals surface area contributed by atoms with Crippen LogP contribution in [0.25, 0.3) is 0 Å². The maximum absolute atomic E-state index is 12.4. The molecule has 0 spiro atoms. The Morgan fingerprint density at radius 2 is 1.82 bits per heavy atom. The minimum absolute atomic E-state index is 0.486. The summed E-state index contributed by atoms with van der Waals surface area (Å²) >= 11 is 10.9. The van der Waals surface area contributed by atoms with Gasteiger partial charge in [-0.15, -0.1) is 0 Å². The molecule has 0 N–H and O–H groups in total. The third-order valence-corrected chi connectivity index (χ3v) is 5.10. The maximum Gasteiger partial charge on any atom is 0.180 e. The molecule has 1 nitrogen and oxygen atoms in total. The van der Waals surface area contributed by atoms with Crippen molar-refractivity contribution in [2.75, 3.05) is 0 Å². The molecule has 0 aliphatic carbocycles. The van der Waals surface area contributed by atoms with E-state index in [1.165, 1.54) is 0 Å². The molecule has 86 valence electrons. The fraction of sp³-hybridized carbons (Fsp3) is 0.0769. The van der Waals surface area contributed by atoms with Gasteiger partial charge < -0.3 is 4.55 Å². The van der Waals surface area contributed by atoms with Crippen molar-refractivity contribution in [2.24, 2.45) is 0 Å². The molecule has 0 radical (unpaired) electrons. The molecule has 0 bridgehead atoms. The highest BCUT2D eigenvalue weighted by molar-refractivity contribution is 7.91. The molecule has 4 heteroatoms. The maximum atomic E-state index is 12.4. The zero-order valence-corrected chi connectivity index (χ0v) is 11.1. The van der Waals surface area contributed by atoms with Crippen LogP contribution in [0.4, 0.5) is 0 Å². The van der Waals surface area contributed by atoms with Gasteiger partial charge in [0.05, 0.1) is 5.02 Å². The van der Waals surface area contributed by atoms with Crippen LogP contribution in [-0.2, 0) is 17.6 Å². The zero-order chi connectivity index (χ0) is 12.0. The van der Waals surface area contributed by atoms with Crippen molar-refractivity contribution in [3.8, 4) is 0 Å². The number of fused-ring (bicyclic) bond motifs is 2. The fourth-order valence-electron chi connectivity index (χ4n) is 2.10. The minimum atomic E-state index is -1.20. The van der Waals surface area contributed by atoms with Gasteiger partial charge in [0.15, 0.2) is 9.79 Å². The van der Waals surface area contributed by atoms with Crippen LogP contribution in [-0.4, -0.2) is 4.55 Å². The van der Waals surface area contributed by atoms with E-state index >= 15 is 0 Å². The molecular weight excluding hydrogens is 275 g/mol. The Bertz CT molecular complexity index is 598. The number of hydrogen-bond donors (Lipinski definition) is 0. The van der Waals surface area contributed by atoms with Crippen molar-refractivity contribution >= 4 is 34.4 Å². The van der Waals surface area contributed by atoms with E-state index < -0.39 is 11.2 Å². The van der Waals surface area contributed by atoms with Crippen molar-refractivity contribution in [3.05, 3.63) is 57.6 Å². The third-order valence-electron chi connectivity index (χ3n) is 2.82. The highest BCUT2D eigenvalue weighted by Crippen LogP contribution is 2.39. The number of hydrogen-bond acceptors (Lipinski definition) is 1. The summed E-state index contributed by atoms with van der Waals surface area (Å²) in [6.45, 7) is 0. The monoisotopic (exact) mass is 282 g/mol. The van der Waals surface area contributed by atoms with E-state index in [0.717, 1.165) is 22.4 Å². The fourth-order valence-corrected chi connectivity index (χ4v) is 4.25. The van der Waals surface area contributed by atoms with Crippen molar-refractivity contribution in [1.82, 2.24) is 0 Å². The van der Waals surface area contributed by atoms with Gasteiger partial charge in [0.1, 0.15) is 0 Å². The second-order valence-electron chi connectivity index (χ2n) is 3.93. The van der Waals surface area contributed by atoms with Crippen molar-refractivity contribution < 1.29 is 4.55 Å². The first-order chi connectivity index (χ1) is 8.16. The molecule has 0 aromatic heterocycles. The van der Waals surface area contributed by atoms with Crippen LogP contribution in [0, 0.1) is 0 Å². The average Bonchev–Trinajstić information content (AvgIpc) is 2.28. The molecule has 3 rings (SSSR count). The summed E-state index contributed by atoms with van der Waals surface area (Å²) in [7, 11) is 0. The summed E-state index contributed by atoms with van der Waals surface area (Å²) in [6.07, 6.45) is 0.734. The van der Waals surface area contributed by atoms with Gasteiger partial charge in [-0.05, 0) is 18.2 Å². The first kappa shape index (κ1) is 11.4. The van der Waals surface area contributed by atoms with Gasteiger partial charge in [0, 0.05) is 33.7 Å². The van der Waals surface area contributed by atoms with Crippen molar-refractivity contribution in [2.45, 2.75) is 16.2 Å². The molecule has 0 saturated carbocycles. The van der Waals surface area contributed by atoms with Crippen LogP contribution in [0.2, 0.25) is 10.0 Å². The Kier molecular flexibility index (Phi) is 2.83. The summed E-state index contributed by atoms with van der Waals surface area (Å²) in [5.74, 6) is 0. The summed E-state index contributed by atoms with van der Waals surface area (Å²) in [5, 5.41) is 1.07. The standard InChI is InChI=1S/C13H8Cl2OS/c14-10-6-9-5-8-3-1-2-4-12(8)17(16)13(9)11(15)7-10/h1-4,6-7H,5H2. The average molecular weight is 283 g/mol. The topological polar surface area (TPSA) is 23.1 Å². The lowest BCUT2D eigenvalue weighted by atomic mass is 10.0. The third kappa shape index (κ3) is 1.85. The Hall–Kier alpha value is -0.670. The molecule has 2 aromatic carbocycles. The molecule has 1 atom stereocenters. The van der Waals surface area contributed by atoms with Gasteiger partial charge in [0.2, 0.25) is 0 Å². The Balaban J connectivity index is 2.23. The van der Waals surface area contributed by atoms with Crippen molar-refractivity contribution in [1.29, 1.82) is 0 Å². The SMILES string of the molecule is [O-][S+]1c2ccccc2Cc2cc(Cl)cc(Cl)c21. The first-order valence-corrected chi connectivity index (χ1v) is 7.05. The summed E-state index contributed by atoms with van der Waals surface area (Å²) in [4.78, 5) is 1.55. The van der Waals surface area contributed by atoms with Crippen LogP contribution in [0.15, 0.2) is 46.2 Å². The molecular formula is C13H8Cl2OS. The Labute approximate surface area is 113 Å². The second kappa shape index (κ2) is 4.21. The molecule has 2 aromatic rings. The molecule has 1 heterocycles. The normalized spacial score (nSPS) is 17.5. The van der Waals surface area contributed by atoms with Crippen LogP contribution in [0.3, 0.4) is 0 Å². The smallest absolute Gasteiger partial charge is 0.180 e. The largest absolute Gasteiger partial charge is 0.606 e. The van der Waals surface area contributed by atoms with Gasteiger partial charge in [-0.2, -0.15) is 0 Å². The second-order valence-corrected chi connectivity index (χ2v) is 6.16. The Morgan fingerprint density at radius 1 is 1.06 bits per heavy atom. The summed E-state index contributed by atoms with van der Waals surface area (Å²) in [5.41, 5.74) is 2.04. The van der Waals surface area contributed by atoms with E-state index in [1.54, 1.807) is 6.07 Å². The molecule has 0 amide bonds. The van der Waals surface area contributed by atoms with Gasteiger partial charge in [0.25, 0.3) is 0 Å². The van der Waals surface area contributed by atoms with Gasteiger partial charge in [-0.25, -0.2) is 0 Å². The van der Waals surface area contributed by atoms with E-state index in [0.29, 0.717) is 14.9 Å². The lowest BCUT2D eigenvalue weighted by Gasteiger charge is -2.22. The number of halogens is 2. The number of rotatable bonds is 0. The lowest BCUT2D eigenvalue weighted by molar-refractivity contribution is 0.590. The first-order valence-electron chi connectivity index (χ1n) is 5.14. The van der Waals surface area contributed by atoms with E-state index in [9.17, 15) is 4.55 Å². The predicted octanol–water partition coefficient (Wildman–Crippen LogP) is 4.06. The molecule has 1 aliphatic heterocycles. The minimum Gasteiger partial charge on any atom is -0.606 e. The molecule has 0 saturated heterocycles. The summed E-state index contributed by atoms with van der Waals surface area (Å²) in [6, 6.07) is 11.2. The quantitative estimate of drug-likeness (QED) is 0.668. The van der Waals surface area contributed by atoms with Crippen LogP contribution >= 0.6 is 23.2 Å². The Morgan fingerprint density at radius 3 is 2.65 bits per heavy atom. The van der Waals surface area contributed by atoms with Crippen molar-refractivity contribution in [3.63, 3.8) is 0 Å². The van der Waals surface area contributed by atoms with Gasteiger partial charge in [-0.1, -0.05) is 41.4 Å². The highest BCUT2D eigenvalue weighted by atomic mass is 35.5. The van der Waals surface area contributed by atoms with E-state index in [4.69, 9.17) is 23.2 Å². The van der Waals surface area contributed by atoms with Gasteiger partial charge >= 0.3 is 0 Å². The van der Waals surface area contributed by atoms with E-state index in [2.05, 4.69) is 0 Å². The molecule has 0 fully saturated rings. The van der Waals surface area contributed by atoms with Gasteiger partial charge in [-0.3, -0.25) is 0 Å². The van der Waals surface area contributed by atoms with Crippen LogP contribution < -0.4 is 0 Å². The predicted molar refractivity (Wildman–Crippen MR) is 70.4 cm³/mol. The summed E-state index contributed by atoms with van der Waals surface area (Å²) < 4.78 is 12.4. The molecule has 1 unspecified atom stereocenters. The van der Waals surface area contributed by atoms with E-state index in [1.807, 2.05) is 30.3 Å². The molecule has 1 aliphatic rings. The number of benzene rings is 2. The zero-order valence-electron chi connectivity index (χ0n) is 8.74.